The number of aryl methyl sites for hydroxylation is 1. The number of imidazole rings is 1. The monoisotopic (exact) mass is 306 g/mol. The molecule has 7 heteroatoms. The van der Waals surface area contributed by atoms with E-state index in [1.807, 2.05) is 34.2 Å². The maximum Gasteiger partial charge on any atom is 0.268 e. The molecule has 0 radical (unpaired) electrons. The molecule has 0 aromatic carbocycles. The summed E-state index contributed by atoms with van der Waals surface area (Å²) in [5, 5.41) is 5.21. The highest BCUT2D eigenvalue weighted by molar-refractivity contribution is 7.12. The lowest BCUT2D eigenvalue weighted by atomic mass is 10.1. The van der Waals surface area contributed by atoms with Crippen molar-refractivity contribution in [2.75, 3.05) is 26.7 Å². The first kappa shape index (κ1) is 14.1. The lowest BCUT2D eigenvalue weighted by molar-refractivity contribution is 0.0623. The maximum atomic E-state index is 12.8. The number of nitrogens with one attached hydrogen (secondary N) is 1. The third-order valence-electron chi connectivity index (χ3n) is 3.70. The summed E-state index contributed by atoms with van der Waals surface area (Å²) in [6.07, 6.45) is 3.66. The summed E-state index contributed by atoms with van der Waals surface area (Å²) < 4.78 is 7.24. The van der Waals surface area contributed by atoms with Crippen LogP contribution in [0, 0.1) is 0 Å². The summed E-state index contributed by atoms with van der Waals surface area (Å²) in [5.41, 5.74) is 0. The van der Waals surface area contributed by atoms with Gasteiger partial charge in [-0.15, -0.1) is 11.3 Å². The van der Waals surface area contributed by atoms with Gasteiger partial charge in [-0.05, 0) is 11.4 Å². The summed E-state index contributed by atoms with van der Waals surface area (Å²) in [6.45, 7) is 2.17. The van der Waals surface area contributed by atoms with Gasteiger partial charge in [0.1, 0.15) is 22.5 Å². The molecule has 1 aliphatic rings. The van der Waals surface area contributed by atoms with Crippen LogP contribution in [0.25, 0.3) is 0 Å². The van der Waals surface area contributed by atoms with E-state index in [4.69, 9.17) is 4.74 Å². The summed E-state index contributed by atoms with van der Waals surface area (Å²) in [6, 6.07) is 1.77. The van der Waals surface area contributed by atoms with Crippen LogP contribution in [0.2, 0.25) is 0 Å². The average Bonchev–Trinajstić information content (AvgIpc) is 3.14. The number of nitrogens with zero attached hydrogens (tertiary/aromatic N) is 3. The first-order chi connectivity index (χ1) is 10.2. The van der Waals surface area contributed by atoms with Gasteiger partial charge < -0.3 is 19.5 Å². The Balaban J connectivity index is 1.91. The van der Waals surface area contributed by atoms with Crippen LogP contribution in [-0.4, -0.2) is 47.1 Å². The van der Waals surface area contributed by atoms with Crippen molar-refractivity contribution in [3.8, 4) is 5.75 Å². The number of methoxy groups -OCH3 is 1. The molecule has 1 aliphatic heterocycles. The Morgan fingerprint density at radius 1 is 1.57 bits per heavy atom. The summed E-state index contributed by atoms with van der Waals surface area (Å²) in [7, 11) is 3.54. The van der Waals surface area contributed by atoms with Gasteiger partial charge in [-0.25, -0.2) is 4.98 Å². The number of aromatic nitrogens is 2. The molecule has 1 amide bonds. The fourth-order valence-corrected chi connectivity index (χ4v) is 3.43. The second kappa shape index (κ2) is 5.87. The molecular formula is C14H18N4O2S. The first-order valence-electron chi connectivity index (χ1n) is 6.82. The predicted octanol–water partition coefficient (Wildman–Crippen LogP) is 1.28. The molecule has 0 spiro atoms. The van der Waals surface area contributed by atoms with Crippen molar-refractivity contribution in [1.82, 2.24) is 19.8 Å². The predicted molar refractivity (Wildman–Crippen MR) is 80.7 cm³/mol. The molecule has 1 N–H and O–H groups in total. The molecule has 1 atom stereocenters. The van der Waals surface area contributed by atoms with E-state index in [2.05, 4.69) is 10.3 Å². The lowest BCUT2D eigenvalue weighted by Gasteiger charge is -2.35. The minimum Gasteiger partial charge on any atom is -0.495 e. The summed E-state index contributed by atoms with van der Waals surface area (Å²) in [5.74, 6) is 1.55. The molecule has 3 rings (SSSR count). The molecule has 1 fully saturated rings. The van der Waals surface area contributed by atoms with Crippen molar-refractivity contribution in [3.63, 3.8) is 0 Å². The number of carbonyl (C=O) groups excluding carboxylic acids is 1. The number of rotatable bonds is 3. The Morgan fingerprint density at radius 3 is 3.14 bits per heavy atom. The zero-order valence-electron chi connectivity index (χ0n) is 12.1. The van der Waals surface area contributed by atoms with Crippen LogP contribution < -0.4 is 10.1 Å². The van der Waals surface area contributed by atoms with E-state index >= 15 is 0 Å². The molecule has 0 bridgehead atoms. The third-order valence-corrected chi connectivity index (χ3v) is 4.59. The van der Waals surface area contributed by atoms with Gasteiger partial charge in [0.25, 0.3) is 5.91 Å². The van der Waals surface area contributed by atoms with Crippen LogP contribution in [0.3, 0.4) is 0 Å². The van der Waals surface area contributed by atoms with E-state index in [1.165, 1.54) is 11.3 Å². The molecule has 0 saturated carbocycles. The Hall–Kier alpha value is -1.86. The number of amides is 1. The number of thiophene rings is 1. The van der Waals surface area contributed by atoms with Crippen molar-refractivity contribution in [1.29, 1.82) is 0 Å². The fraction of sp³-hybridized carbons (Fsp3) is 0.429. The largest absolute Gasteiger partial charge is 0.495 e. The highest BCUT2D eigenvalue weighted by atomic mass is 32.1. The molecule has 0 aliphatic carbocycles. The first-order valence-corrected chi connectivity index (χ1v) is 7.70. The number of carbonyl (C=O) groups is 1. The van der Waals surface area contributed by atoms with Gasteiger partial charge in [0.05, 0.1) is 7.11 Å². The van der Waals surface area contributed by atoms with Gasteiger partial charge in [0.15, 0.2) is 0 Å². The topological polar surface area (TPSA) is 59.4 Å². The van der Waals surface area contributed by atoms with E-state index in [9.17, 15) is 4.79 Å². The molecular weight excluding hydrogens is 288 g/mol. The van der Waals surface area contributed by atoms with Crippen molar-refractivity contribution in [3.05, 3.63) is 34.5 Å². The van der Waals surface area contributed by atoms with E-state index in [1.54, 1.807) is 13.3 Å². The zero-order valence-corrected chi connectivity index (χ0v) is 12.9. The number of piperazine rings is 1. The molecule has 1 saturated heterocycles. The third kappa shape index (κ3) is 2.54. The van der Waals surface area contributed by atoms with Crippen LogP contribution in [0.1, 0.15) is 21.5 Å². The maximum absolute atomic E-state index is 12.8. The molecule has 6 nitrogen and oxygen atoms in total. The van der Waals surface area contributed by atoms with Crippen LogP contribution >= 0.6 is 11.3 Å². The number of hydrogen-bond acceptors (Lipinski definition) is 5. The summed E-state index contributed by atoms with van der Waals surface area (Å²) >= 11 is 1.42. The van der Waals surface area contributed by atoms with Crippen LogP contribution in [0.4, 0.5) is 0 Å². The fourth-order valence-electron chi connectivity index (χ4n) is 2.62. The van der Waals surface area contributed by atoms with Gasteiger partial charge in [0.2, 0.25) is 0 Å². The minimum absolute atomic E-state index is 0.0105. The van der Waals surface area contributed by atoms with Crippen LogP contribution in [-0.2, 0) is 7.05 Å². The van der Waals surface area contributed by atoms with E-state index in [0.29, 0.717) is 23.7 Å². The highest BCUT2D eigenvalue weighted by Gasteiger charge is 2.32. The van der Waals surface area contributed by atoms with Gasteiger partial charge in [-0.2, -0.15) is 0 Å². The second-order valence-electron chi connectivity index (χ2n) is 4.93. The Labute approximate surface area is 127 Å². The smallest absolute Gasteiger partial charge is 0.268 e. The van der Waals surface area contributed by atoms with Crippen LogP contribution in [0.5, 0.6) is 5.75 Å². The lowest BCUT2D eigenvalue weighted by Crippen LogP contribution is -2.49. The molecule has 2 aromatic heterocycles. The molecule has 3 heterocycles. The van der Waals surface area contributed by atoms with Gasteiger partial charge in [-0.1, -0.05) is 0 Å². The standard InChI is InChI=1S/C14H18N4O2S/c1-17-6-5-16-13(17)10-9-15-4-7-18(10)14(19)12-11(20-2)3-8-21-12/h3,5-6,8,10,15H,4,7,9H2,1-2H3. The van der Waals surface area contributed by atoms with Crippen LogP contribution in [0.15, 0.2) is 23.8 Å². The Kier molecular flexibility index (Phi) is 3.94. The molecule has 21 heavy (non-hydrogen) atoms. The van der Waals surface area contributed by atoms with Gasteiger partial charge >= 0.3 is 0 Å². The van der Waals surface area contributed by atoms with E-state index in [-0.39, 0.29) is 11.9 Å². The minimum atomic E-state index is -0.0574. The Morgan fingerprint density at radius 2 is 2.43 bits per heavy atom. The van der Waals surface area contributed by atoms with Crippen molar-refractivity contribution >= 4 is 17.2 Å². The quantitative estimate of drug-likeness (QED) is 0.928. The normalized spacial score (nSPS) is 18.8. The zero-order chi connectivity index (χ0) is 14.8. The SMILES string of the molecule is COc1ccsc1C(=O)N1CCNCC1c1nccn1C. The molecule has 2 aromatic rings. The Bertz CT molecular complexity index is 636. The number of hydrogen-bond donors (Lipinski definition) is 1. The van der Waals surface area contributed by atoms with Gasteiger partial charge in [-0.3, -0.25) is 4.79 Å². The average molecular weight is 306 g/mol. The van der Waals surface area contributed by atoms with Crippen molar-refractivity contribution in [2.24, 2.45) is 7.05 Å². The highest BCUT2D eigenvalue weighted by Crippen LogP contribution is 2.30. The number of ether oxygens (including phenoxy) is 1. The second-order valence-corrected chi connectivity index (χ2v) is 5.85. The van der Waals surface area contributed by atoms with E-state index < -0.39 is 0 Å². The van der Waals surface area contributed by atoms with Gasteiger partial charge in [0, 0.05) is 39.1 Å². The summed E-state index contributed by atoms with van der Waals surface area (Å²) in [4.78, 5) is 19.8. The van der Waals surface area contributed by atoms with Crippen molar-refractivity contribution < 1.29 is 9.53 Å². The molecule has 1 unspecified atom stereocenters. The van der Waals surface area contributed by atoms with E-state index in [0.717, 1.165) is 12.4 Å². The van der Waals surface area contributed by atoms with Crippen molar-refractivity contribution in [2.45, 2.75) is 6.04 Å². The molecule has 112 valence electrons.